The average Bonchev–Trinajstić information content (AvgIpc) is 3.48. The molecule has 0 unspecified atom stereocenters. The van der Waals surface area contributed by atoms with Crippen molar-refractivity contribution in [2.75, 3.05) is 0 Å². The van der Waals surface area contributed by atoms with Crippen molar-refractivity contribution >= 4 is 17.8 Å². The normalized spacial score (nSPS) is 14.2. The molecule has 0 amide bonds. The van der Waals surface area contributed by atoms with Crippen molar-refractivity contribution in [3.8, 4) is 44.5 Å². The topological polar surface area (TPSA) is 0 Å². The first kappa shape index (κ1) is 29.2. The molecule has 0 radical (unpaired) electrons. The molecular weight excluding hydrogens is 599 g/mol. The van der Waals surface area contributed by atoms with Crippen LogP contribution in [0.1, 0.15) is 23.1 Å². The number of hydrogen-bond acceptors (Lipinski definition) is 1. The second-order valence-electron chi connectivity index (χ2n) is 11.9. The third kappa shape index (κ3) is 5.91. The van der Waals surface area contributed by atoms with Crippen LogP contribution in [0.25, 0.3) is 50.6 Å². The minimum Gasteiger partial charge on any atom is -0.207 e. The summed E-state index contributed by atoms with van der Waals surface area (Å²) in [6.07, 6.45) is 10.6. The molecule has 0 fully saturated rings. The van der Waals surface area contributed by atoms with E-state index >= 15 is 0 Å². The number of fused-ring (bicyclic) bond motifs is 3. The summed E-state index contributed by atoms with van der Waals surface area (Å²) in [4.78, 5) is 2.39. The lowest BCUT2D eigenvalue weighted by Crippen LogP contribution is -1.97. The number of benzene rings is 6. The van der Waals surface area contributed by atoms with Crippen LogP contribution in [-0.4, -0.2) is 0 Å². The molecule has 0 aromatic heterocycles. The maximum absolute atomic E-state index is 14.2. The number of allylic oxidation sites excluding steroid dienone is 4. The minimum atomic E-state index is -0.276. The molecule has 3 heteroatoms. The van der Waals surface area contributed by atoms with Gasteiger partial charge in [-0.2, -0.15) is 0 Å². The van der Waals surface area contributed by atoms with E-state index in [0.717, 1.165) is 51.1 Å². The van der Waals surface area contributed by atoms with Crippen LogP contribution < -0.4 is 0 Å². The fraction of sp³-hybridized carbons (Fsp3) is 0.0455. The summed E-state index contributed by atoms with van der Waals surface area (Å²) in [7, 11) is 0. The first-order valence-corrected chi connectivity index (χ1v) is 16.6. The maximum atomic E-state index is 14.2. The standard InChI is InChI=1S/C44H30F2S/c45-35-18-12-32(13-19-35)43-40(28-41-39-9-5-4-8-34(39)27-42(41)44(43)33-14-20-36(46)21-15-33)31-16-24-38(25-17-31)47-37-22-10-30(11-23-37)26-29-6-2-1-3-7-29/h1-10,12-26,28H,11,27H2. The first-order chi connectivity index (χ1) is 23.1. The molecule has 0 nitrogen and oxygen atoms in total. The summed E-state index contributed by atoms with van der Waals surface area (Å²) in [6.45, 7) is 0. The van der Waals surface area contributed by atoms with E-state index in [1.165, 1.54) is 62.6 Å². The lowest BCUT2D eigenvalue weighted by atomic mass is 9.82. The second kappa shape index (κ2) is 12.5. The molecule has 0 saturated heterocycles. The zero-order valence-corrected chi connectivity index (χ0v) is 26.4. The zero-order chi connectivity index (χ0) is 31.7. The van der Waals surface area contributed by atoms with Crippen LogP contribution >= 0.6 is 11.8 Å². The second-order valence-corrected chi connectivity index (χ2v) is 13.1. The van der Waals surface area contributed by atoms with Crippen LogP contribution in [0.5, 0.6) is 0 Å². The van der Waals surface area contributed by atoms with Gasteiger partial charge in [-0.05, 0) is 128 Å². The molecule has 226 valence electrons. The highest BCUT2D eigenvalue weighted by atomic mass is 32.2. The van der Waals surface area contributed by atoms with Gasteiger partial charge in [-0.1, -0.05) is 121 Å². The SMILES string of the molecule is Fc1ccc(-c2c(-c3ccc(SC4=CCC(=Cc5ccccc5)C=C4)cc3)cc3c(c2-c2ccc(F)cc2)Cc2ccccc2-3)cc1. The highest BCUT2D eigenvalue weighted by Gasteiger charge is 2.27. The van der Waals surface area contributed by atoms with Crippen molar-refractivity contribution in [1.82, 2.24) is 0 Å². The van der Waals surface area contributed by atoms with E-state index < -0.39 is 0 Å². The van der Waals surface area contributed by atoms with Gasteiger partial charge in [0, 0.05) is 9.80 Å². The van der Waals surface area contributed by atoms with Crippen molar-refractivity contribution in [3.63, 3.8) is 0 Å². The summed E-state index contributed by atoms with van der Waals surface area (Å²) in [6, 6.07) is 43.4. The molecule has 0 atom stereocenters. The molecule has 0 bridgehead atoms. The fourth-order valence-corrected chi connectivity index (χ4v) is 7.53. The monoisotopic (exact) mass is 628 g/mol. The lowest BCUT2D eigenvalue weighted by Gasteiger charge is -2.21. The Morgan fingerprint density at radius 3 is 1.87 bits per heavy atom. The van der Waals surface area contributed by atoms with Gasteiger partial charge in [0.1, 0.15) is 11.6 Å². The quantitative estimate of drug-likeness (QED) is 0.177. The van der Waals surface area contributed by atoms with E-state index in [4.69, 9.17) is 0 Å². The molecule has 0 aliphatic heterocycles. The Kier molecular flexibility index (Phi) is 7.76. The van der Waals surface area contributed by atoms with Gasteiger partial charge in [0.2, 0.25) is 0 Å². The van der Waals surface area contributed by atoms with E-state index in [9.17, 15) is 8.78 Å². The maximum Gasteiger partial charge on any atom is 0.123 e. The summed E-state index contributed by atoms with van der Waals surface area (Å²) < 4.78 is 28.4. The van der Waals surface area contributed by atoms with E-state index in [2.05, 4.69) is 103 Å². The zero-order valence-electron chi connectivity index (χ0n) is 25.6. The van der Waals surface area contributed by atoms with Crippen LogP contribution in [0, 0.1) is 11.6 Å². The molecule has 0 saturated carbocycles. The van der Waals surface area contributed by atoms with Gasteiger partial charge in [0.15, 0.2) is 0 Å². The van der Waals surface area contributed by atoms with Crippen LogP contribution in [0.15, 0.2) is 167 Å². The van der Waals surface area contributed by atoms with Crippen LogP contribution in [0.2, 0.25) is 0 Å². The largest absolute Gasteiger partial charge is 0.207 e. The van der Waals surface area contributed by atoms with E-state index in [0.29, 0.717) is 0 Å². The lowest BCUT2D eigenvalue weighted by molar-refractivity contribution is 0.627. The van der Waals surface area contributed by atoms with E-state index in [1.54, 1.807) is 11.8 Å². The van der Waals surface area contributed by atoms with Crippen molar-refractivity contribution in [2.24, 2.45) is 0 Å². The number of rotatable bonds is 6. The third-order valence-corrected chi connectivity index (χ3v) is 9.98. The minimum absolute atomic E-state index is 0.271. The molecule has 6 aromatic rings. The van der Waals surface area contributed by atoms with Crippen molar-refractivity contribution in [3.05, 3.63) is 190 Å². The third-order valence-electron chi connectivity index (χ3n) is 8.93. The highest BCUT2D eigenvalue weighted by Crippen LogP contribution is 2.50. The Hall–Kier alpha value is -5.25. The summed E-state index contributed by atoms with van der Waals surface area (Å²) >= 11 is 1.76. The van der Waals surface area contributed by atoms with Crippen molar-refractivity contribution in [2.45, 2.75) is 17.7 Å². The molecule has 0 heterocycles. The fourth-order valence-electron chi connectivity index (χ4n) is 6.68. The van der Waals surface area contributed by atoms with Gasteiger partial charge >= 0.3 is 0 Å². The Bertz CT molecular complexity index is 2190. The molecule has 0 spiro atoms. The Labute approximate surface area is 278 Å². The number of hydrogen-bond donors (Lipinski definition) is 0. The highest BCUT2D eigenvalue weighted by molar-refractivity contribution is 8.03. The predicted molar refractivity (Wildman–Crippen MR) is 193 cm³/mol. The van der Waals surface area contributed by atoms with Crippen LogP contribution in [0.4, 0.5) is 8.78 Å². The molecule has 2 aliphatic rings. The Balaban J connectivity index is 1.20. The molecule has 0 N–H and O–H groups in total. The predicted octanol–water partition coefficient (Wildman–Crippen LogP) is 12.6. The Morgan fingerprint density at radius 1 is 0.553 bits per heavy atom. The van der Waals surface area contributed by atoms with Gasteiger partial charge in [-0.15, -0.1) is 0 Å². The molecule has 47 heavy (non-hydrogen) atoms. The van der Waals surface area contributed by atoms with Gasteiger partial charge in [0.05, 0.1) is 0 Å². The molecular formula is C44H30F2S. The molecule has 6 aromatic carbocycles. The number of halogens is 2. The van der Waals surface area contributed by atoms with Crippen molar-refractivity contribution < 1.29 is 8.78 Å². The van der Waals surface area contributed by atoms with Gasteiger partial charge in [-0.3, -0.25) is 0 Å². The summed E-state index contributed by atoms with van der Waals surface area (Å²) in [5, 5.41) is 0. The van der Waals surface area contributed by atoms with Crippen molar-refractivity contribution in [1.29, 1.82) is 0 Å². The summed E-state index contributed by atoms with van der Waals surface area (Å²) in [5.41, 5.74) is 13.5. The smallest absolute Gasteiger partial charge is 0.123 e. The average molecular weight is 629 g/mol. The van der Waals surface area contributed by atoms with E-state index in [1.807, 2.05) is 30.3 Å². The molecule has 8 rings (SSSR count). The molecule has 2 aliphatic carbocycles. The Morgan fingerprint density at radius 2 is 1.19 bits per heavy atom. The van der Waals surface area contributed by atoms with Crippen LogP contribution in [0.3, 0.4) is 0 Å². The van der Waals surface area contributed by atoms with Gasteiger partial charge in [0.25, 0.3) is 0 Å². The van der Waals surface area contributed by atoms with Crippen LogP contribution in [-0.2, 0) is 6.42 Å². The first-order valence-electron chi connectivity index (χ1n) is 15.8. The van der Waals surface area contributed by atoms with E-state index in [-0.39, 0.29) is 11.6 Å². The number of thioether (sulfide) groups is 1. The van der Waals surface area contributed by atoms with Gasteiger partial charge in [-0.25, -0.2) is 8.78 Å². The summed E-state index contributed by atoms with van der Waals surface area (Å²) in [5.74, 6) is -0.546. The van der Waals surface area contributed by atoms with Gasteiger partial charge < -0.3 is 0 Å².